The number of amides is 2. The lowest BCUT2D eigenvalue weighted by atomic mass is 9.89. The van der Waals surface area contributed by atoms with E-state index in [-0.39, 0.29) is 24.4 Å². The van der Waals surface area contributed by atoms with Crippen molar-refractivity contribution in [1.29, 1.82) is 0 Å². The Morgan fingerprint density at radius 3 is 2.64 bits per heavy atom. The van der Waals surface area contributed by atoms with E-state index in [0.717, 1.165) is 5.56 Å². The molecule has 8 nitrogen and oxygen atoms in total. The van der Waals surface area contributed by atoms with Gasteiger partial charge in [-0.15, -0.1) is 0 Å². The van der Waals surface area contributed by atoms with E-state index < -0.39 is 5.97 Å². The Hall–Kier alpha value is -2.90. The van der Waals surface area contributed by atoms with Gasteiger partial charge in [-0.25, -0.2) is 4.79 Å². The molecule has 2 aromatic rings. The van der Waals surface area contributed by atoms with Crippen LogP contribution in [0.4, 0.5) is 4.79 Å². The molecule has 2 heterocycles. The van der Waals surface area contributed by atoms with E-state index in [9.17, 15) is 9.59 Å². The summed E-state index contributed by atoms with van der Waals surface area (Å²) in [7, 11) is 1.28. The van der Waals surface area contributed by atoms with Crippen LogP contribution in [0.3, 0.4) is 0 Å². The number of hydrogen-bond acceptors (Lipinski definition) is 6. The fourth-order valence-electron chi connectivity index (χ4n) is 3.05. The third-order valence-electron chi connectivity index (χ3n) is 4.31. The second-order valence-electron chi connectivity index (χ2n) is 5.94. The predicted octanol–water partition coefficient (Wildman–Crippen LogP) is 1.44. The zero-order chi connectivity index (χ0) is 17.8. The molecular formula is C17H20N4O4. The number of nitrogens with zero attached hydrogens (tertiary/aromatic N) is 3. The average molecular weight is 344 g/mol. The van der Waals surface area contributed by atoms with Crippen LogP contribution >= 0.6 is 0 Å². The molecule has 1 aromatic heterocycles. The molecule has 0 bridgehead atoms. The Morgan fingerprint density at radius 1 is 1.28 bits per heavy atom. The zero-order valence-corrected chi connectivity index (χ0v) is 14.1. The number of hydrogen-bond donors (Lipinski definition) is 1. The molecule has 3 rings (SSSR count). The van der Waals surface area contributed by atoms with Crippen LogP contribution in [0, 0.1) is 6.92 Å². The number of ether oxygens (including phenoxy) is 1. The van der Waals surface area contributed by atoms with Crippen LogP contribution in [0.2, 0.25) is 0 Å². The zero-order valence-electron chi connectivity index (χ0n) is 14.1. The van der Waals surface area contributed by atoms with Crippen molar-refractivity contribution in [1.82, 2.24) is 20.4 Å². The minimum atomic E-state index is -0.490. The monoisotopic (exact) mass is 344 g/mol. The van der Waals surface area contributed by atoms with Crippen LogP contribution in [0.1, 0.15) is 29.1 Å². The smallest absolute Gasteiger partial charge is 0.325 e. The molecule has 8 heteroatoms. The molecule has 0 saturated carbocycles. The van der Waals surface area contributed by atoms with Crippen molar-refractivity contribution >= 4 is 12.0 Å². The summed E-state index contributed by atoms with van der Waals surface area (Å²) in [5.41, 5.74) is 1.10. The van der Waals surface area contributed by atoms with Crippen LogP contribution in [0.5, 0.6) is 0 Å². The normalized spacial score (nSPS) is 19.7. The molecule has 1 saturated heterocycles. The van der Waals surface area contributed by atoms with Gasteiger partial charge in [-0.2, -0.15) is 4.98 Å². The SMILES string of the molecule is COC(=O)CNC(=O)N1C[C@H](c2ccccc2)[C@H](c2nc(C)no2)C1. The Labute approximate surface area is 145 Å². The molecule has 132 valence electrons. The molecule has 1 N–H and O–H groups in total. The number of rotatable bonds is 4. The first-order valence-electron chi connectivity index (χ1n) is 8.03. The Balaban J connectivity index is 1.78. The molecule has 2 amide bonds. The first-order valence-corrected chi connectivity index (χ1v) is 8.03. The lowest BCUT2D eigenvalue weighted by molar-refractivity contribution is -0.139. The summed E-state index contributed by atoms with van der Waals surface area (Å²) in [5.74, 6) is 0.554. The van der Waals surface area contributed by atoms with Crippen molar-refractivity contribution < 1.29 is 18.8 Å². The highest BCUT2D eigenvalue weighted by Gasteiger charge is 2.40. The topological polar surface area (TPSA) is 97.6 Å². The third kappa shape index (κ3) is 3.78. The number of benzene rings is 1. The molecular weight excluding hydrogens is 324 g/mol. The summed E-state index contributed by atoms with van der Waals surface area (Å²) in [4.78, 5) is 29.6. The van der Waals surface area contributed by atoms with E-state index in [4.69, 9.17) is 4.52 Å². The summed E-state index contributed by atoms with van der Waals surface area (Å²) in [6.07, 6.45) is 0. The summed E-state index contributed by atoms with van der Waals surface area (Å²) in [6.45, 7) is 2.55. The second kappa shape index (κ2) is 7.33. The van der Waals surface area contributed by atoms with Gasteiger partial charge in [0.05, 0.1) is 13.0 Å². The van der Waals surface area contributed by atoms with Gasteiger partial charge in [-0.1, -0.05) is 35.5 Å². The molecule has 1 aliphatic rings. The molecule has 25 heavy (non-hydrogen) atoms. The number of methoxy groups -OCH3 is 1. The van der Waals surface area contributed by atoms with Crippen molar-refractivity contribution in [2.45, 2.75) is 18.8 Å². The van der Waals surface area contributed by atoms with E-state index in [2.05, 4.69) is 20.2 Å². The van der Waals surface area contributed by atoms with Crippen molar-refractivity contribution in [3.63, 3.8) is 0 Å². The quantitative estimate of drug-likeness (QED) is 0.843. The van der Waals surface area contributed by atoms with Gasteiger partial charge in [0.2, 0.25) is 5.89 Å². The summed E-state index contributed by atoms with van der Waals surface area (Å²) in [5, 5.41) is 6.43. The molecule has 1 aromatic carbocycles. The molecule has 0 spiro atoms. The van der Waals surface area contributed by atoms with Crippen molar-refractivity contribution in [2.24, 2.45) is 0 Å². The first-order chi connectivity index (χ1) is 12.1. The van der Waals surface area contributed by atoms with Gasteiger partial charge in [0.1, 0.15) is 6.54 Å². The standard InChI is InChI=1S/C17H20N4O4/c1-11-19-16(25-20-11)14-10-21(17(23)18-8-15(22)24-2)9-13(14)12-6-4-3-5-7-12/h3-7,13-14H,8-10H2,1-2H3,(H,18,23)/t13-,14-/m1/s1. The number of likely N-dealkylation sites (tertiary alicyclic amines) is 1. The van der Waals surface area contributed by atoms with Gasteiger partial charge in [0.15, 0.2) is 5.82 Å². The predicted molar refractivity (Wildman–Crippen MR) is 87.9 cm³/mol. The largest absolute Gasteiger partial charge is 0.468 e. The number of carbonyl (C=O) groups excluding carboxylic acids is 2. The number of carbonyl (C=O) groups is 2. The summed E-state index contributed by atoms with van der Waals surface area (Å²) >= 11 is 0. The van der Waals surface area contributed by atoms with Crippen LogP contribution in [0.25, 0.3) is 0 Å². The fraction of sp³-hybridized carbons (Fsp3) is 0.412. The molecule has 0 radical (unpaired) electrons. The van der Waals surface area contributed by atoms with Gasteiger partial charge in [0, 0.05) is 19.0 Å². The van der Waals surface area contributed by atoms with Crippen LogP contribution in [0.15, 0.2) is 34.9 Å². The number of aromatic nitrogens is 2. The lowest BCUT2D eigenvalue weighted by Gasteiger charge is -2.17. The van der Waals surface area contributed by atoms with E-state index in [0.29, 0.717) is 24.8 Å². The van der Waals surface area contributed by atoms with Crippen LogP contribution in [-0.2, 0) is 9.53 Å². The van der Waals surface area contributed by atoms with Crippen LogP contribution in [-0.4, -0.2) is 53.8 Å². The minimum absolute atomic E-state index is 0.0462. The second-order valence-corrected chi connectivity index (χ2v) is 5.94. The van der Waals surface area contributed by atoms with E-state index in [1.165, 1.54) is 7.11 Å². The first kappa shape index (κ1) is 16.9. The molecule has 0 aliphatic carbocycles. The maximum Gasteiger partial charge on any atom is 0.325 e. The number of nitrogens with one attached hydrogen (secondary N) is 1. The molecule has 1 fully saturated rings. The minimum Gasteiger partial charge on any atom is -0.468 e. The van der Waals surface area contributed by atoms with E-state index >= 15 is 0 Å². The van der Waals surface area contributed by atoms with Gasteiger partial charge < -0.3 is 19.5 Å². The highest BCUT2D eigenvalue weighted by molar-refractivity contribution is 5.81. The van der Waals surface area contributed by atoms with Gasteiger partial charge in [-0.3, -0.25) is 4.79 Å². The highest BCUT2D eigenvalue weighted by atomic mass is 16.5. The van der Waals surface area contributed by atoms with Gasteiger partial charge in [0.25, 0.3) is 0 Å². The van der Waals surface area contributed by atoms with E-state index in [1.807, 2.05) is 30.3 Å². The Bertz CT molecular complexity index is 746. The summed E-state index contributed by atoms with van der Waals surface area (Å²) < 4.78 is 9.89. The average Bonchev–Trinajstić information content (AvgIpc) is 3.26. The Kier molecular flexibility index (Phi) is 4.97. The van der Waals surface area contributed by atoms with Crippen molar-refractivity contribution in [2.75, 3.05) is 26.7 Å². The number of urea groups is 1. The molecule has 0 unspecified atom stereocenters. The maximum absolute atomic E-state index is 12.4. The third-order valence-corrected chi connectivity index (χ3v) is 4.31. The van der Waals surface area contributed by atoms with E-state index in [1.54, 1.807) is 11.8 Å². The van der Waals surface area contributed by atoms with Crippen molar-refractivity contribution in [3.8, 4) is 0 Å². The molecule has 1 aliphatic heterocycles. The van der Waals surface area contributed by atoms with Crippen LogP contribution < -0.4 is 5.32 Å². The van der Waals surface area contributed by atoms with Gasteiger partial charge in [-0.05, 0) is 12.5 Å². The fourth-order valence-corrected chi connectivity index (χ4v) is 3.05. The lowest BCUT2D eigenvalue weighted by Crippen LogP contribution is -2.41. The highest BCUT2D eigenvalue weighted by Crippen LogP contribution is 2.38. The number of aryl methyl sites for hydroxylation is 1. The number of esters is 1. The summed E-state index contributed by atoms with van der Waals surface area (Å²) in [6, 6.07) is 9.61. The van der Waals surface area contributed by atoms with Gasteiger partial charge >= 0.3 is 12.0 Å². The Morgan fingerprint density at radius 2 is 2.00 bits per heavy atom. The maximum atomic E-state index is 12.4. The molecule has 2 atom stereocenters. The van der Waals surface area contributed by atoms with Crippen molar-refractivity contribution in [3.05, 3.63) is 47.6 Å².